The van der Waals surface area contributed by atoms with E-state index in [9.17, 15) is 8.78 Å². The van der Waals surface area contributed by atoms with E-state index in [1.54, 1.807) is 6.07 Å². The third-order valence-electron chi connectivity index (χ3n) is 6.79. The zero-order valence-electron chi connectivity index (χ0n) is 18.2. The first-order valence-electron chi connectivity index (χ1n) is 11.0. The van der Waals surface area contributed by atoms with Crippen molar-refractivity contribution in [3.63, 3.8) is 0 Å². The van der Waals surface area contributed by atoms with Crippen LogP contribution in [0.5, 0.6) is 0 Å². The van der Waals surface area contributed by atoms with Crippen LogP contribution in [0.1, 0.15) is 46.5 Å². The van der Waals surface area contributed by atoms with Gasteiger partial charge in [0.2, 0.25) is 0 Å². The van der Waals surface area contributed by atoms with E-state index in [2.05, 4.69) is 41.2 Å². The van der Waals surface area contributed by atoms with Gasteiger partial charge < -0.3 is 10.2 Å². The molecule has 1 saturated carbocycles. The molecule has 2 fully saturated rings. The molecule has 0 amide bonds. The molecular weight excluding hydrogens is 382 g/mol. The third kappa shape index (κ3) is 4.97. The summed E-state index contributed by atoms with van der Waals surface area (Å²) < 4.78 is 27.0. The monoisotopic (exact) mass is 414 g/mol. The molecule has 2 aromatic rings. The summed E-state index contributed by atoms with van der Waals surface area (Å²) in [4.78, 5) is 2.62. The predicted molar refractivity (Wildman–Crippen MR) is 116 cm³/mol. The van der Waals surface area contributed by atoms with Crippen molar-refractivity contribution in [2.24, 2.45) is 16.7 Å². The molecule has 0 bridgehead atoms. The molecule has 1 saturated heterocycles. The van der Waals surface area contributed by atoms with Gasteiger partial charge in [0.1, 0.15) is 17.5 Å². The van der Waals surface area contributed by atoms with E-state index >= 15 is 0 Å². The van der Waals surface area contributed by atoms with Gasteiger partial charge in [-0.2, -0.15) is 0 Å². The van der Waals surface area contributed by atoms with Gasteiger partial charge in [-0.05, 0) is 86.3 Å². The van der Waals surface area contributed by atoms with Crippen LogP contribution in [-0.4, -0.2) is 41.3 Å². The van der Waals surface area contributed by atoms with Crippen molar-refractivity contribution in [1.29, 1.82) is 0 Å². The highest BCUT2D eigenvalue weighted by Crippen LogP contribution is 2.59. The molecule has 1 spiro atoms. The summed E-state index contributed by atoms with van der Waals surface area (Å²) in [5.74, 6) is 0.170. The van der Waals surface area contributed by atoms with Crippen LogP contribution in [-0.2, 0) is 0 Å². The highest BCUT2D eigenvalue weighted by atomic mass is 19.1. The zero-order chi connectivity index (χ0) is 21.4. The molecule has 1 aliphatic carbocycles. The first-order valence-corrected chi connectivity index (χ1v) is 11.0. The first kappa shape index (κ1) is 21.2. The average Bonchev–Trinajstić information content (AvgIpc) is 3.38. The fourth-order valence-electron chi connectivity index (χ4n) is 4.54. The Hall–Kier alpha value is -2.08. The van der Waals surface area contributed by atoms with Gasteiger partial charge in [0, 0.05) is 18.2 Å². The molecule has 1 unspecified atom stereocenters. The Morgan fingerprint density at radius 2 is 1.87 bits per heavy atom. The number of halogens is 2. The van der Waals surface area contributed by atoms with Crippen LogP contribution < -0.4 is 5.32 Å². The van der Waals surface area contributed by atoms with Crippen molar-refractivity contribution in [3.05, 3.63) is 42.0 Å². The minimum absolute atomic E-state index is 0.259. The van der Waals surface area contributed by atoms with Crippen molar-refractivity contribution >= 4 is 5.82 Å². The molecule has 4 rings (SSSR count). The highest BCUT2D eigenvalue weighted by Gasteiger charge is 2.54. The van der Waals surface area contributed by atoms with E-state index < -0.39 is 11.6 Å². The quantitative estimate of drug-likeness (QED) is 0.690. The van der Waals surface area contributed by atoms with Crippen LogP contribution >= 0.6 is 0 Å². The maximum Gasteiger partial charge on any atom is 0.148 e. The Bertz CT molecular complexity index is 868. The standard InChI is InChI=1S/C24H32F2N4/c1-23(2,3)8-11-30-12-9-24(10-13-30)15-17(24)16-27-22-7-6-21(28-29-22)19-5-4-18(25)14-20(19)26/h4-7,14,17H,8-13,15-16H2,1-3H3,(H,27,29). The predicted octanol–water partition coefficient (Wildman–Crippen LogP) is 5.37. The number of hydrogen-bond donors (Lipinski definition) is 1. The van der Waals surface area contributed by atoms with E-state index in [1.165, 1.54) is 57.5 Å². The Kier molecular flexibility index (Phi) is 5.80. The smallest absolute Gasteiger partial charge is 0.148 e. The zero-order valence-corrected chi connectivity index (χ0v) is 18.2. The fraction of sp³-hybridized carbons (Fsp3) is 0.583. The maximum absolute atomic E-state index is 13.9. The molecule has 1 aromatic carbocycles. The number of rotatable bonds is 6. The largest absolute Gasteiger partial charge is 0.368 e. The number of likely N-dealkylation sites (tertiary alicyclic amines) is 1. The van der Waals surface area contributed by atoms with Gasteiger partial charge in [0.05, 0.1) is 5.69 Å². The van der Waals surface area contributed by atoms with Crippen LogP contribution in [0.25, 0.3) is 11.3 Å². The summed E-state index contributed by atoms with van der Waals surface area (Å²) in [5, 5.41) is 11.7. The lowest BCUT2D eigenvalue weighted by atomic mass is 9.88. The second-order valence-electron chi connectivity index (χ2n) is 10.2. The topological polar surface area (TPSA) is 41.0 Å². The Labute approximate surface area is 178 Å². The maximum atomic E-state index is 13.9. The third-order valence-corrected chi connectivity index (χ3v) is 6.79. The normalized spacial score (nSPS) is 21.0. The van der Waals surface area contributed by atoms with Crippen molar-refractivity contribution in [3.8, 4) is 11.3 Å². The second kappa shape index (κ2) is 8.22. The van der Waals surface area contributed by atoms with Gasteiger partial charge in [-0.15, -0.1) is 10.2 Å². The molecule has 30 heavy (non-hydrogen) atoms. The molecule has 2 aliphatic rings. The Morgan fingerprint density at radius 1 is 1.10 bits per heavy atom. The minimum Gasteiger partial charge on any atom is -0.368 e. The molecule has 6 heteroatoms. The Balaban J connectivity index is 1.25. The van der Waals surface area contributed by atoms with Crippen LogP contribution in [0, 0.1) is 28.4 Å². The van der Waals surface area contributed by atoms with Gasteiger partial charge in [-0.3, -0.25) is 0 Å². The second-order valence-corrected chi connectivity index (χ2v) is 10.2. The van der Waals surface area contributed by atoms with Gasteiger partial charge >= 0.3 is 0 Å². The lowest BCUT2D eigenvalue weighted by Crippen LogP contribution is -2.37. The van der Waals surface area contributed by atoms with Gasteiger partial charge in [-0.1, -0.05) is 20.8 Å². The number of anilines is 1. The molecule has 4 nitrogen and oxygen atoms in total. The molecule has 162 valence electrons. The Morgan fingerprint density at radius 3 is 2.50 bits per heavy atom. The number of nitrogens with zero attached hydrogens (tertiary/aromatic N) is 3. The minimum atomic E-state index is -0.626. The van der Waals surface area contributed by atoms with E-state index in [1.807, 2.05) is 6.07 Å². The van der Waals surface area contributed by atoms with E-state index in [-0.39, 0.29) is 5.56 Å². The molecule has 2 heterocycles. The van der Waals surface area contributed by atoms with Crippen molar-refractivity contribution in [2.45, 2.75) is 46.5 Å². The lowest BCUT2D eigenvalue weighted by molar-refractivity contribution is 0.147. The average molecular weight is 415 g/mol. The molecule has 1 atom stereocenters. The number of aromatic nitrogens is 2. The molecule has 1 N–H and O–H groups in total. The van der Waals surface area contributed by atoms with E-state index in [0.29, 0.717) is 28.3 Å². The van der Waals surface area contributed by atoms with Gasteiger partial charge in [-0.25, -0.2) is 8.78 Å². The van der Waals surface area contributed by atoms with Crippen molar-refractivity contribution < 1.29 is 8.78 Å². The summed E-state index contributed by atoms with van der Waals surface area (Å²) in [6, 6.07) is 7.03. The SMILES string of the molecule is CC(C)(C)CCN1CCC2(CC1)CC2CNc1ccc(-c2ccc(F)cc2F)nn1. The van der Waals surface area contributed by atoms with Crippen molar-refractivity contribution in [2.75, 3.05) is 31.5 Å². The molecule has 1 aromatic heterocycles. The van der Waals surface area contributed by atoms with Crippen LogP contribution in [0.2, 0.25) is 0 Å². The summed E-state index contributed by atoms with van der Waals surface area (Å²) in [7, 11) is 0. The highest BCUT2D eigenvalue weighted by molar-refractivity contribution is 5.60. The molecular formula is C24H32F2N4. The number of piperidine rings is 1. The van der Waals surface area contributed by atoms with E-state index in [0.717, 1.165) is 12.6 Å². The molecule has 0 radical (unpaired) electrons. The van der Waals surface area contributed by atoms with Crippen LogP contribution in [0.4, 0.5) is 14.6 Å². The van der Waals surface area contributed by atoms with Gasteiger partial charge in [0.15, 0.2) is 0 Å². The lowest BCUT2D eigenvalue weighted by Gasteiger charge is -2.34. The fourth-order valence-corrected chi connectivity index (χ4v) is 4.54. The first-order chi connectivity index (χ1) is 14.2. The molecule has 1 aliphatic heterocycles. The number of nitrogens with one attached hydrogen (secondary N) is 1. The summed E-state index contributed by atoms with van der Waals surface area (Å²) in [5.41, 5.74) is 1.58. The summed E-state index contributed by atoms with van der Waals surface area (Å²) in [6.45, 7) is 11.5. The van der Waals surface area contributed by atoms with Crippen LogP contribution in [0.15, 0.2) is 30.3 Å². The summed E-state index contributed by atoms with van der Waals surface area (Å²) in [6.07, 6.45) is 5.12. The summed E-state index contributed by atoms with van der Waals surface area (Å²) >= 11 is 0. The van der Waals surface area contributed by atoms with E-state index in [4.69, 9.17) is 0 Å². The van der Waals surface area contributed by atoms with Crippen LogP contribution in [0.3, 0.4) is 0 Å². The number of hydrogen-bond acceptors (Lipinski definition) is 4. The van der Waals surface area contributed by atoms with Crippen molar-refractivity contribution in [1.82, 2.24) is 15.1 Å². The number of benzene rings is 1. The van der Waals surface area contributed by atoms with Gasteiger partial charge in [0.25, 0.3) is 0 Å².